The molecule has 1 fully saturated rings. The molecule has 0 atom stereocenters. The average molecular weight is 339 g/mol. The minimum absolute atomic E-state index is 0.768. The first-order valence-corrected chi connectivity index (χ1v) is 8.60. The summed E-state index contributed by atoms with van der Waals surface area (Å²) in [6.07, 6.45) is 5.40. The van der Waals surface area contributed by atoms with E-state index in [9.17, 15) is 0 Å². The molecule has 1 aliphatic rings. The van der Waals surface area contributed by atoms with Gasteiger partial charge < -0.3 is 9.80 Å². The molecular weight excluding hydrogens is 322 g/mol. The van der Waals surface area contributed by atoms with Crippen molar-refractivity contribution in [3.8, 4) is 11.3 Å². The molecule has 3 aromatic heterocycles. The molecule has 0 saturated carbocycles. The van der Waals surface area contributed by atoms with Crippen LogP contribution in [0.1, 0.15) is 5.82 Å². The highest BCUT2D eigenvalue weighted by Gasteiger charge is 2.21. The van der Waals surface area contributed by atoms with Gasteiger partial charge in [0.05, 0.1) is 5.69 Å². The van der Waals surface area contributed by atoms with E-state index < -0.39 is 0 Å². The fourth-order valence-electron chi connectivity index (χ4n) is 2.69. The van der Waals surface area contributed by atoms with E-state index in [4.69, 9.17) is 4.98 Å². The number of aromatic nitrogens is 5. The molecule has 24 heavy (non-hydrogen) atoms. The lowest BCUT2D eigenvalue weighted by Gasteiger charge is -2.34. The summed E-state index contributed by atoms with van der Waals surface area (Å²) in [6.45, 7) is 5.46. The van der Waals surface area contributed by atoms with E-state index >= 15 is 0 Å². The Morgan fingerprint density at radius 2 is 1.83 bits per heavy atom. The summed E-state index contributed by atoms with van der Waals surface area (Å²) >= 11 is 1.46. The van der Waals surface area contributed by atoms with Gasteiger partial charge in [0, 0.05) is 61.9 Å². The van der Waals surface area contributed by atoms with Gasteiger partial charge in [-0.2, -0.15) is 4.37 Å². The van der Waals surface area contributed by atoms with E-state index in [-0.39, 0.29) is 0 Å². The van der Waals surface area contributed by atoms with Gasteiger partial charge in [0.2, 0.25) is 11.1 Å². The van der Waals surface area contributed by atoms with Crippen molar-refractivity contribution < 1.29 is 0 Å². The smallest absolute Gasteiger partial charge is 0.225 e. The topological polar surface area (TPSA) is 70.9 Å². The Bertz CT molecular complexity index is 812. The highest BCUT2D eigenvalue weighted by atomic mass is 32.1. The molecule has 4 heterocycles. The number of pyridine rings is 1. The second-order valence-electron chi connectivity index (χ2n) is 5.58. The van der Waals surface area contributed by atoms with Crippen LogP contribution in [-0.2, 0) is 0 Å². The van der Waals surface area contributed by atoms with Crippen molar-refractivity contribution >= 4 is 22.6 Å². The molecule has 3 aromatic rings. The third kappa shape index (κ3) is 3.05. The summed E-state index contributed by atoms with van der Waals surface area (Å²) in [5.74, 6) is 1.61. The van der Waals surface area contributed by atoms with Crippen LogP contribution in [0.15, 0.2) is 36.8 Å². The number of piperazine rings is 1. The number of nitrogens with zero attached hydrogens (tertiary/aromatic N) is 7. The highest BCUT2D eigenvalue weighted by molar-refractivity contribution is 7.09. The first-order valence-electron chi connectivity index (χ1n) is 7.83. The Kier molecular flexibility index (Phi) is 4.04. The minimum Gasteiger partial charge on any atom is -0.343 e. The Morgan fingerprint density at radius 1 is 1.00 bits per heavy atom. The monoisotopic (exact) mass is 339 g/mol. The maximum Gasteiger partial charge on any atom is 0.225 e. The lowest BCUT2D eigenvalue weighted by molar-refractivity contribution is 0.638. The first-order chi connectivity index (χ1) is 11.8. The third-order valence-corrected chi connectivity index (χ3v) is 4.82. The van der Waals surface area contributed by atoms with Gasteiger partial charge in [-0.3, -0.25) is 4.98 Å². The Balaban J connectivity index is 1.48. The van der Waals surface area contributed by atoms with E-state index in [0.29, 0.717) is 0 Å². The lowest BCUT2D eigenvalue weighted by atomic mass is 10.2. The molecule has 0 unspecified atom stereocenters. The zero-order valence-corrected chi connectivity index (χ0v) is 14.1. The van der Waals surface area contributed by atoms with E-state index in [1.807, 2.05) is 37.5 Å². The molecule has 0 bridgehead atoms. The van der Waals surface area contributed by atoms with Crippen LogP contribution >= 0.6 is 11.5 Å². The summed E-state index contributed by atoms with van der Waals surface area (Å²) in [5.41, 5.74) is 1.90. The van der Waals surface area contributed by atoms with Crippen LogP contribution in [0.25, 0.3) is 11.3 Å². The average Bonchev–Trinajstić information content (AvgIpc) is 3.09. The molecule has 0 aromatic carbocycles. The van der Waals surface area contributed by atoms with Crippen molar-refractivity contribution in [1.29, 1.82) is 0 Å². The van der Waals surface area contributed by atoms with Gasteiger partial charge in [0.25, 0.3) is 0 Å². The summed E-state index contributed by atoms with van der Waals surface area (Å²) in [7, 11) is 0. The lowest BCUT2D eigenvalue weighted by Crippen LogP contribution is -2.47. The maximum absolute atomic E-state index is 4.70. The summed E-state index contributed by atoms with van der Waals surface area (Å²) < 4.78 is 4.26. The first kappa shape index (κ1) is 14.9. The van der Waals surface area contributed by atoms with Crippen molar-refractivity contribution in [3.63, 3.8) is 0 Å². The van der Waals surface area contributed by atoms with E-state index in [2.05, 4.69) is 29.1 Å². The summed E-state index contributed by atoms with van der Waals surface area (Å²) in [6, 6.07) is 5.84. The Labute approximate surface area is 144 Å². The highest BCUT2D eigenvalue weighted by Crippen LogP contribution is 2.22. The van der Waals surface area contributed by atoms with E-state index in [0.717, 1.165) is 54.3 Å². The molecule has 1 saturated heterocycles. The second kappa shape index (κ2) is 6.48. The number of hydrogen-bond donors (Lipinski definition) is 0. The van der Waals surface area contributed by atoms with Crippen LogP contribution in [0.4, 0.5) is 11.1 Å². The molecule has 1 aliphatic heterocycles. The van der Waals surface area contributed by atoms with Gasteiger partial charge in [-0.15, -0.1) is 0 Å². The van der Waals surface area contributed by atoms with Crippen LogP contribution in [0.5, 0.6) is 0 Å². The van der Waals surface area contributed by atoms with Crippen LogP contribution in [0, 0.1) is 6.92 Å². The van der Waals surface area contributed by atoms with Gasteiger partial charge in [0.15, 0.2) is 0 Å². The Hall–Kier alpha value is -2.61. The number of anilines is 2. The molecule has 8 heteroatoms. The van der Waals surface area contributed by atoms with Gasteiger partial charge in [-0.1, -0.05) is 0 Å². The van der Waals surface area contributed by atoms with Crippen LogP contribution in [0.2, 0.25) is 0 Å². The van der Waals surface area contributed by atoms with Crippen molar-refractivity contribution in [3.05, 3.63) is 42.6 Å². The molecule has 4 rings (SSSR count). The molecule has 0 radical (unpaired) electrons. The van der Waals surface area contributed by atoms with E-state index in [1.54, 1.807) is 6.20 Å². The fourth-order valence-corrected chi connectivity index (χ4v) is 3.41. The molecule has 0 N–H and O–H groups in total. The zero-order valence-electron chi connectivity index (χ0n) is 13.3. The summed E-state index contributed by atoms with van der Waals surface area (Å²) in [5, 5.41) is 0.997. The van der Waals surface area contributed by atoms with Crippen LogP contribution in [0.3, 0.4) is 0 Å². The predicted octanol–water partition coefficient (Wildman–Crippen LogP) is 2.03. The quantitative estimate of drug-likeness (QED) is 0.723. The van der Waals surface area contributed by atoms with Crippen molar-refractivity contribution in [1.82, 2.24) is 24.3 Å². The van der Waals surface area contributed by atoms with Crippen LogP contribution in [-0.4, -0.2) is 50.5 Å². The zero-order chi connectivity index (χ0) is 16.4. The molecule has 0 amide bonds. The van der Waals surface area contributed by atoms with Gasteiger partial charge in [0.1, 0.15) is 5.82 Å². The van der Waals surface area contributed by atoms with Gasteiger partial charge in [-0.05, 0) is 25.1 Å². The predicted molar refractivity (Wildman–Crippen MR) is 94.3 cm³/mol. The number of aryl methyl sites for hydroxylation is 1. The largest absolute Gasteiger partial charge is 0.343 e. The molecule has 7 nitrogen and oxygen atoms in total. The number of hydrogen-bond acceptors (Lipinski definition) is 8. The molecule has 0 aliphatic carbocycles. The van der Waals surface area contributed by atoms with Crippen LogP contribution < -0.4 is 9.80 Å². The van der Waals surface area contributed by atoms with Crippen molar-refractivity contribution in [2.45, 2.75) is 6.92 Å². The molecular formula is C16H17N7S. The van der Waals surface area contributed by atoms with E-state index in [1.165, 1.54) is 11.5 Å². The number of rotatable bonds is 3. The fraction of sp³-hybridized carbons (Fsp3) is 0.312. The molecule has 122 valence electrons. The standard InChI is InChI=1S/C16H17N7S/c1-12-19-16(24-21-12)23-9-7-22(8-10-23)15-18-6-4-14(20-15)13-3-2-5-17-11-13/h2-6,11H,7-10H2,1H3. The molecule has 0 spiro atoms. The van der Waals surface area contributed by atoms with Gasteiger partial charge in [-0.25, -0.2) is 15.0 Å². The summed E-state index contributed by atoms with van der Waals surface area (Å²) in [4.78, 5) is 22.2. The minimum atomic E-state index is 0.768. The SMILES string of the molecule is Cc1nsc(N2CCN(c3nccc(-c4cccnc4)n3)CC2)n1. The van der Waals surface area contributed by atoms with Crippen molar-refractivity contribution in [2.75, 3.05) is 36.0 Å². The maximum atomic E-state index is 4.70. The second-order valence-corrected chi connectivity index (χ2v) is 6.31. The Morgan fingerprint density at radius 3 is 2.54 bits per heavy atom. The van der Waals surface area contributed by atoms with Crippen molar-refractivity contribution in [2.24, 2.45) is 0 Å². The normalized spacial score (nSPS) is 14.9. The van der Waals surface area contributed by atoms with Gasteiger partial charge >= 0.3 is 0 Å². The third-order valence-electron chi connectivity index (χ3n) is 3.95.